The number of benzene rings is 2. The number of rotatable bonds is 6. The molecular weight excluding hydrogens is 390 g/mol. The van der Waals surface area contributed by atoms with Gasteiger partial charge >= 0.3 is 0 Å². The second-order valence-corrected chi connectivity index (χ2v) is 9.01. The second kappa shape index (κ2) is 8.92. The van der Waals surface area contributed by atoms with Crippen molar-refractivity contribution >= 4 is 5.91 Å². The molecule has 1 heterocycles. The minimum atomic E-state index is -0.220. The van der Waals surface area contributed by atoms with Gasteiger partial charge < -0.3 is 14.6 Å². The zero-order valence-corrected chi connectivity index (χ0v) is 18.4. The molecule has 0 bridgehead atoms. The standard InChI is InChI=1S/C25H29N3O3/c1-25(2,3)19-13-11-18(12-14-19)24-27-23(31-28-24)15-26-22(29)16-30-21-10-6-8-17-7-4-5-9-20(17)21/h6,8,10-14H,4-5,7,9,15-16H2,1-3H3,(H,26,29). The molecule has 6 nitrogen and oxygen atoms in total. The summed E-state index contributed by atoms with van der Waals surface area (Å²) in [5, 5.41) is 6.81. The Labute approximate surface area is 183 Å². The highest BCUT2D eigenvalue weighted by molar-refractivity contribution is 5.77. The minimum Gasteiger partial charge on any atom is -0.483 e. The Bertz CT molecular complexity index is 1050. The van der Waals surface area contributed by atoms with E-state index in [2.05, 4.69) is 54.4 Å². The van der Waals surface area contributed by atoms with Crippen molar-refractivity contribution in [3.8, 4) is 17.1 Å². The Morgan fingerprint density at radius 1 is 1.10 bits per heavy atom. The summed E-state index contributed by atoms with van der Waals surface area (Å²) in [6, 6.07) is 14.2. The Morgan fingerprint density at radius 3 is 2.65 bits per heavy atom. The van der Waals surface area contributed by atoms with E-state index >= 15 is 0 Å². The van der Waals surface area contributed by atoms with E-state index in [0.29, 0.717) is 11.7 Å². The number of hydrogen-bond acceptors (Lipinski definition) is 5. The number of amides is 1. The zero-order chi connectivity index (χ0) is 21.8. The van der Waals surface area contributed by atoms with Crippen LogP contribution in [-0.2, 0) is 29.6 Å². The normalized spacial score (nSPS) is 13.5. The van der Waals surface area contributed by atoms with E-state index in [-0.39, 0.29) is 24.5 Å². The summed E-state index contributed by atoms with van der Waals surface area (Å²) in [5.74, 6) is 1.46. The predicted octanol–water partition coefficient (Wildman–Crippen LogP) is 4.61. The van der Waals surface area contributed by atoms with Crippen molar-refractivity contribution in [2.24, 2.45) is 0 Å². The second-order valence-electron chi connectivity index (χ2n) is 9.01. The van der Waals surface area contributed by atoms with E-state index in [1.165, 1.54) is 23.1 Å². The molecule has 0 aliphatic heterocycles. The van der Waals surface area contributed by atoms with Crippen LogP contribution in [0.1, 0.15) is 56.2 Å². The van der Waals surface area contributed by atoms with Crippen molar-refractivity contribution in [1.82, 2.24) is 15.5 Å². The summed E-state index contributed by atoms with van der Waals surface area (Å²) < 4.78 is 11.1. The van der Waals surface area contributed by atoms with Crippen molar-refractivity contribution < 1.29 is 14.1 Å². The fourth-order valence-electron chi connectivity index (χ4n) is 3.81. The van der Waals surface area contributed by atoms with E-state index in [1.807, 2.05) is 24.3 Å². The smallest absolute Gasteiger partial charge is 0.258 e. The molecule has 0 fully saturated rings. The van der Waals surface area contributed by atoms with Crippen LogP contribution in [0.4, 0.5) is 0 Å². The van der Waals surface area contributed by atoms with Crippen LogP contribution in [0.25, 0.3) is 11.4 Å². The van der Waals surface area contributed by atoms with Gasteiger partial charge in [-0.25, -0.2) is 0 Å². The summed E-state index contributed by atoms with van der Waals surface area (Å²) >= 11 is 0. The highest BCUT2D eigenvalue weighted by atomic mass is 16.5. The molecule has 0 radical (unpaired) electrons. The average molecular weight is 420 g/mol. The third-order valence-electron chi connectivity index (χ3n) is 5.63. The topological polar surface area (TPSA) is 77.2 Å². The lowest BCUT2D eigenvalue weighted by Gasteiger charge is -2.19. The Kier molecular flexibility index (Phi) is 6.07. The molecule has 1 amide bonds. The van der Waals surface area contributed by atoms with Crippen molar-refractivity contribution in [3.63, 3.8) is 0 Å². The summed E-state index contributed by atoms with van der Waals surface area (Å²) in [7, 11) is 0. The van der Waals surface area contributed by atoms with Crippen LogP contribution in [0.3, 0.4) is 0 Å². The number of nitrogens with zero attached hydrogens (tertiary/aromatic N) is 2. The molecule has 0 spiro atoms. The number of aromatic nitrogens is 2. The molecule has 0 unspecified atom stereocenters. The van der Waals surface area contributed by atoms with Crippen LogP contribution in [0.5, 0.6) is 5.75 Å². The minimum absolute atomic E-state index is 0.0360. The number of nitrogens with one attached hydrogen (secondary N) is 1. The van der Waals surface area contributed by atoms with Crippen LogP contribution in [0, 0.1) is 0 Å². The van der Waals surface area contributed by atoms with Gasteiger partial charge in [-0.2, -0.15) is 4.98 Å². The molecule has 4 rings (SSSR count). The molecule has 1 aliphatic carbocycles. The van der Waals surface area contributed by atoms with Gasteiger partial charge in [0, 0.05) is 5.56 Å². The van der Waals surface area contributed by atoms with Gasteiger partial charge in [0.25, 0.3) is 5.91 Å². The fraction of sp³-hybridized carbons (Fsp3) is 0.400. The third-order valence-corrected chi connectivity index (χ3v) is 5.63. The van der Waals surface area contributed by atoms with Gasteiger partial charge in [0.05, 0.1) is 6.54 Å². The maximum Gasteiger partial charge on any atom is 0.258 e. The third kappa shape index (κ3) is 5.13. The number of hydrogen-bond donors (Lipinski definition) is 1. The van der Waals surface area contributed by atoms with Crippen molar-refractivity contribution in [1.29, 1.82) is 0 Å². The first kappa shape index (κ1) is 21.1. The van der Waals surface area contributed by atoms with E-state index in [4.69, 9.17) is 9.26 Å². The molecule has 0 atom stereocenters. The Balaban J connectivity index is 1.30. The highest BCUT2D eigenvalue weighted by Gasteiger charge is 2.16. The van der Waals surface area contributed by atoms with Gasteiger partial charge in [-0.05, 0) is 53.9 Å². The summed E-state index contributed by atoms with van der Waals surface area (Å²) in [6.07, 6.45) is 4.47. The van der Waals surface area contributed by atoms with Crippen molar-refractivity contribution in [3.05, 3.63) is 65.0 Å². The first-order valence-corrected chi connectivity index (χ1v) is 10.8. The van der Waals surface area contributed by atoms with Crippen LogP contribution >= 0.6 is 0 Å². The Hall–Kier alpha value is -3.15. The first-order valence-electron chi connectivity index (χ1n) is 10.8. The SMILES string of the molecule is CC(C)(C)c1ccc(-c2noc(CNC(=O)COc3cccc4c3CCCC4)n2)cc1. The largest absolute Gasteiger partial charge is 0.483 e. The number of aryl methyl sites for hydroxylation is 1. The summed E-state index contributed by atoms with van der Waals surface area (Å²) in [4.78, 5) is 16.6. The lowest BCUT2D eigenvalue weighted by molar-refractivity contribution is -0.123. The predicted molar refractivity (Wildman–Crippen MR) is 119 cm³/mol. The first-order chi connectivity index (χ1) is 14.9. The maximum absolute atomic E-state index is 12.2. The van der Waals surface area contributed by atoms with Gasteiger partial charge in [-0.3, -0.25) is 4.79 Å². The lowest BCUT2D eigenvalue weighted by atomic mass is 9.87. The number of fused-ring (bicyclic) bond motifs is 1. The lowest BCUT2D eigenvalue weighted by Crippen LogP contribution is -2.28. The van der Waals surface area contributed by atoms with Gasteiger partial charge in [-0.15, -0.1) is 0 Å². The molecule has 0 saturated carbocycles. The summed E-state index contributed by atoms with van der Waals surface area (Å²) in [5.41, 5.74) is 4.78. The zero-order valence-electron chi connectivity index (χ0n) is 18.4. The number of carbonyl (C=O) groups is 1. The number of carbonyl (C=O) groups excluding carboxylic acids is 1. The van der Waals surface area contributed by atoms with E-state index in [0.717, 1.165) is 30.6 Å². The average Bonchev–Trinajstić information content (AvgIpc) is 3.25. The molecule has 3 aromatic rings. The van der Waals surface area contributed by atoms with Gasteiger partial charge in [-0.1, -0.05) is 62.3 Å². The molecule has 1 N–H and O–H groups in total. The molecule has 1 aliphatic rings. The molecular formula is C25H29N3O3. The molecule has 6 heteroatoms. The van der Waals surface area contributed by atoms with Crippen LogP contribution in [-0.4, -0.2) is 22.7 Å². The van der Waals surface area contributed by atoms with E-state index in [9.17, 15) is 4.79 Å². The molecule has 31 heavy (non-hydrogen) atoms. The molecule has 1 aromatic heterocycles. The molecule has 162 valence electrons. The van der Waals surface area contributed by atoms with Crippen LogP contribution in [0.2, 0.25) is 0 Å². The number of ether oxygens (including phenoxy) is 1. The van der Waals surface area contributed by atoms with E-state index < -0.39 is 0 Å². The Morgan fingerprint density at radius 2 is 1.87 bits per heavy atom. The maximum atomic E-state index is 12.2. The summed E-state index contributed by atoms with van der Waals surface area (Å²) in [6.45, 7) is 6.65. The van der Waals surface area contributed by atoms with Crippen LogP contribution < -0.4 is 10.1 Å². The van der Waals surface area contributed by atoms with Gasteiger partial charge in [0.1, 0.15) is 5.75 Å². The molecule has 2 aromatic carbocycles. The monoisotopic (exact) mass is 419 g/mol. The highest BCUT2D eigenvalue weighted by Crippen LogP contribution is 2.29. The van der Waals surface area contributed by atoms with Crippen molar-refractivity contribution in [2.75, 3.05) is 6.61 Å². The van der Waals surface area contributed by atoms with Gasteiger partial charge in [0.15, 0.2) is 6.61 Å². The van der Waals surface area contributed by atoms with Crippen molar-refractivity contribution in [2.45, 2.75) is 58.4 Å². The fourth-order valence-corrected chi connectivity index (χ4v) is 3.81. The quantitative estimate of drug-likeness (QED) is 0.631. The molecule has 0 saturated heterocycles. The van der Waals surface area contributed by atoms with E-state index in [1.54, 1.807) is 0 Å². The van der Waals surface area contributed by atoms with Gasteiger partial charge in [0.2, 0.25) is 11.7 Å². The van der Waals surface area contributed by atoms with Crippen LogP contribution in [0.15, 0.2) is 47.0 Å².